The average Bonchev–Trinajstić information content (AvgIpc) is 2.83. The fourth-order valence-corrected chi connectivity index (χ4v) is 4.30. The van der Waals surface area contributed by atoms with E-state index in [4.69, 9.17) is 0 Å². The van der Waals surface area contributed by atoms with E-state index < -0.39 is 27.8 Å². The highest BCUT2D eigenvalue weighted by Gasteiger charge is 2.26. The number of carbonyl (C=O) groups is 1. The molecule has 0 bridgehead atoms. The molecule has 1 aliphatic rings. The molecule has 1 unspecified atom stereocenters. The lowest BCUT2D eigenvalue weighted by Crippen LogP contribution is -2.49. The molecule has 4 rings (SSSR count). The van der Waals surface area contributed by atoms with Crippen molar-refractivity contribution in [2.24, 2.45) is 0 Å². The molecule has 0 amide bonds. The van der Waals surface area contributed by atoms with Gasteiger partial charge in [-0.3, -0.25) is 19.7 Å². The molecule has 1 fully saturated rings. The molecule has 2 aromatic carbocycles. The van der Waals surface area contributed by atoms with Crippen LogP contribution in [0.1, 0.15) is 29.8 Å². The van der Waals surface area contributed by atoms with Crippen molar-refractivity contribution < 1.29 is 18.5 Å². The summed E-state index contributed by atoms with van der Waals surface area (Å²) < 4.78 is 32.2. The number of nitro benzene ring substituents is 1. The Bertz CT molecular complexity index is 1400. The van der Waals surface area contributed by atoms with Crippen LogP contribution in [0.4, 0.5) is 20.2 Å². The lowest BCUT2D eigenvalue weighted by Gasteiger charge is -2.34. The second-order valence-electron chi connectivity index (χ2n) is 8.42. The van der Waals surface area contributed by atoms with Gasteiger partial charge < -0.3 is 14.8 Å². The Morgan fingerprint density at radius 3 is 2.63 bits per heavy atom. The van der Waals surface area contributed by atoms with Gasteiger partial charge in [-0.25, -0.2) is 8.78 Å². The van der Waals surface area contributed by atoms with Gasteiger partial charge in [0.15, 0.2) is 11.6 Å². The third-order valence-corrected chi connectivity index (χ3v) is 6.05. The number of pyridine rings is 1. The number of nitro groups is 1. The van der Waals surface area contributed by atoms with Gasteiger partial charge >= 0.3 is 0 Å². The Hall–Kier alpha value is -3.92. The molecule has 10 heteroatoms. The van der Waals surface area contributed by atoms with Crippen LogP contribution in [0, 0.1) is 21.7 Å². The first-order valence-corrected chi connectivity index (χ1v) is 11.2. The molecule has 0 saturated carbocycles. The van der Waals surface area contributed by atoms with Crippen molar-refractivity contribution >= 4 is 34.1 Å². The van der Waals surface area contributed by atoms with Gasteiger partial charge in [-0.15, -0.1) is 0 Å². The summed E-state index contributed by atoms with van der Waals surface area (Å²) >= 11 is 0. The van der Waals surface area contributed by atoms with E-state index in [1.165, 1.54) is 41.1 Å². The van der Waals surface area contributed by atoms with Crippen LogP contribution < -0.4 is 15.6 Å². The van der Waals surface area contributed by atoms with Crippen molar-refractivity contribution in [2.75, 3.05) is 24.5 Å². The maximum Gasteiger partial charge on any atom is 0.269 e. The molecule has 0 radical (unpaired) electrons. The van der Waals surface area contributed by atoms with E-state index in [0.717, 1.165) is 12.1 Å². The first kappa shape index (κ1) is 24.2. The van der Waals surface area contributed by atoms with Gasteiger partial charge in [0.2, 0.25) is 5.43 Å². The lowest BCUT2D eigenvalue weighted by atomic mass is 10.0. The number of hydrogen-bond donors (Lipinski definition) is 1. The number of benzene rings is 2. The van der Waals surface area contributed by atoms with E-state index >= 15 is 8.78 Å². The van der Waals surface area contributed by atoms with Crippen molar-refractivity contribution in [3.8, 4) is 0 Å². The zero-order valence-electron chi connectivity index (χ0n) is 19.3. The Balaban J connectivity index is 1.75. The molecule has 3 aromatic rings. The maximum absolute atomic E-state index is 15.7. The van der Waals surface area contributed by atoms with E-state index in [2.05, 4.69) is 5.32 Å². The Kier molecular flexibility index (Phi) is 6.74. The molecule has 1 N–H and O–H groups in total. The summed E-state index contributed by atoms with van der Waals surface area (Å²) in [6, 6.07) is 6.59. The molecule has 35 heavy (non-hydrogen) atoms. The average molecular weight is 482 g/mol. The summed E-state index contributed by atoms with van der Waals surface area (Å²) in [5.74, 6) is -2.32. The van der Waals surface area contributed by atoms with Crippen molar-refractivity contribution in [3.63, 3.8) is 0 Å². The number of nitrogens with one attached hydrogen (secondary N) is 1. The molecule has 0 aliphatic carbocycles. The summed E-state index contributed by atoms with van der Waals surface area (Å²) in [4.78, 5) is 37.8. The van der Waals surface area contributed by atoms with Crippen LogP contribution in [0.5, 0.6) is 0 Å². The number of non-ortho nitro benzene ring substituents is 1. The van der Waals surface area contributed by atoms with Gasteiger partial charge in [0.1, 0.15) is 11.5 Å². The van der Waals surface area contributed by atoms with Gasteiger partial charge in [-0.2, -0.15) is 0 Å². The monoisotopic (exact) mass is 482 g/mol. The van der Waals surface area contributed by atoms with Crippen molar-refractivity contribution in [1.82, 2.24) is 9.88 Å². The largest absolute Gasteiger partial charge is 0.364 e. The number of nitrogens with zero attached hydrogens (tertiary/aromatic N) is 3. The number of halogens is 2. The van der Waals surface area contributed by atoms with Crippen LogP contribution in [0.2, 0.25) is 0 Å². The summed E-state index contributed by atoms with van der Waals surface area (Å²) in [5.41, 5.74) is -0.776. The molecular weight excluding hydrogens is 458 g/mol. The number of ketones is 1. The van der Waals surface area contributed by atoms with Crippen LogP contribution in [-0.2, 0) is 6.54 Å². The predicted octanol–water partition coefficient (Wildman–Crippen LogP) is 3.90. The number of anilines is 1. The fraction of sp³-hybridized carbons (Fsp3) is 0.280. The molecule has 1 atom stereocenters. The standard InChI is InChI=1S/C25H24F2N4O4/c1-3-29-14-19(21(32)9-6-16-4-7-17(8-5-16)31(34)35)25(33)18-12-20(26)24(22(27)23(18)29)30-11-10-28-15(2)13-30/h4-9,12,14-15,28H,3,10-11,13H2,1-2H3/b9-6+. The van der Waals surface area contributed by atoms with E-state index in [1.807, 2.05) is 6.92 Å². The van der Waals surface area contributed by atoms with Crippen LogP contribution in [0.3, 0.4) is 0 Å². The highest BCUT2D eigenvalue weighted by Crippen LogP contribution is 2.31. The van der Waals surface area contributed by atoms with E-state index in [1.54, 1.807) is 11.8 Å². The fourth-order valence-electron chi connectivity index (χ4n) is 4.30. The first-order chi connectivity index (χ1) is 16.7. The zero-order valence-corrected chi connectivity index (χ0v) is 19.3. The number of hydrogen-bond acceptors (Lipinski definition) is 6. The molecule has 1 aliphatic heterocycles. The number of allylic oxidation sites excluding steroid dienone is 1. The zero-order chi connectivity index (χ0) is 25.3. The van der Waals surface area contributed by atoms with Crippen LogP contribution in [-0.4, -0.2) is 40.9 Å². The third kappa shape index (κ3) is 4.69. The molecule has 1 aromatic heterocycles. The minimum atomic E-state index is -0.852. The van der Waals surface area contributed by atoms with Gasteiger partial charge in [0.25, 0.3) is 5.69 Å². The molecule has 0 spiro atoms. The van der Waals surface area contributed by atoms with E-state index in [0.29, 0.717) is 25.2 Å². The van der Waals surface area contributed by atoms with Crippen molar-refractivity contribution in [3.05, 3.63) is 85.7 Å². The normalized spacial score (nSPS) is 16.2. The molecule has 8 nitrogen and oxygen atoms in total. The number of aryl methyl sites for hydroxylation is 1. The number of carbonyl (C=O) groups excluding carboxylic acids is 1. The highest BCUT2D eigenvalue weighted by molar-refractivity contribution is 6.08. The summed E-state index contributed by atoms with van der Waals surface area (Å²) in [6.07, 6.45) is 3.87. The first-order valence-electron chi connectivity index (χ1n) is 11.2. The highest BCUT2D eigenvalue weighted by atomic mass is 19.1. The maximum atomic E-state index is 15.7. The number of piperazine rings is 1. The van der Waals surface area contributed by atoms with Gasteiger partial charge in [0, 0.05) is 50.6 Å². The predicted molar refractivity (Wildman–Crippen MR) is 130 cm³/mol. The Morgan fingerprint density at radius 2 is 2.00 bits per heavy atom. The quantitative estimate of drug-likeness (QED) is 0.248. The smallest absolute Gasteiger partial charge is 0.269 e. The summed E-state index contributed by atoms with van der Waals surface area (Å²) in [7, 11) is 0. The SMILES string of the molecule is CCn1cc(C(=O)/C=C/c2ccc([N+](=O)[O-])cc2)c(=O)c2cc(F)c(N3CCNC(C)C3)c(F)c21. The third-order valence-electron chi connectivity index (χ3n) is 6.05. The Morgan fingerprint density at radius 1 is 1.29 bits per heavy atom. The minimum absolute atomic E-state index is 0.0454. The molecule has 1 saturated heterocycles. The number of aromatic nitrogens is 1. The molecule has 182 valence electrons. The Labute approximate surface area is 199 Å². The van der Waals surface area contributed by atoms with Gasteiger partial charge in [0.05, 0.1) is 21.4 Å². The van der Waals surface area contributed by atoms with Gasteiger partial charge in [-0.1, -0.05) is 6.08 Å². The second-order valence-corrected chi connectivity index (χ2v) is 8.42. The van der Waals surface area contributed by atoms with E-state index in [9.17, 15) is 19.7 Å². The summed E-state index contributed by atoms with van der Waals surface area (Å²) in [5, 5.41) is 13.8. The van der Waals surface area contributed by atoms with Crippen LogP contribution in [0.15, 0.2) is 47.4 Å². The topological polar surface area (TPSA) is 97.5 Å². The molecule has 2 heterocycles. The van der Waals surface area contributed by atoms with Crippen LogP contribution >= 0.6 is 0 Å². The van der Waals surface area contributed by atoms with E-state index in [-0.39, 0.29) is 40.4 Å². The summed E-state index contributed by atoms with van der Waals surface area (Å²) in [6.45, 7) is 5.33. The number of fused-ring (bicyclic) bond motifs is 1. The minimum Gasteiger partial charge on any atom is -0.364 e. The van der Waals surface area contributed by atoms with Crippen molar-refractivity contribution in [2.45, 2.75) is 26.4 Å². The van der Waals surface area contributed by atoms with Crippen LogP contribution in [0.25, 0.3) is 17.0 Å². The van der Waals surface area contributed by atoms with Gasteiger partial charge in [-0.05, 0) is 43.7 Å². The second kappa shape index (κ2) is 9.75. The lowest BCUT2D eigenvalue weighted by molar-refractivity contribution is -0.384. The molecular formula is C25H24F2N4O4. The number of rotatable bonds is 6. The van der Waals surface area contributed by atoms with Crippen molar-refractivity contribution in [1.29, 1.82) is 0 Å².